The maximum Gasteiger partial charge on any atom is 0.257 e. The van der Waals surface area contributed by atoms with Crippen molar-refractivity contribution >= 4 is 5.91 Å². The molecule has 1 fully saturated rings. The number of piperazine rings is 1. The summed E-state index contributed by atoms with van der Waals surface area (Å²) in [5, 5.41) is 8.58. The predicted molar refractivity (Wildman–Crippen MR) is 110 cm³/mol. The van der Waals surface area contributed by atoms with Gasteiger partial charge in [0.25, 0.3) is 5.91 Å². The monoisotopic (exact) mass is 393 g/mol. The first-order valence-corrected chi connectivity index (χ1v) is 10.0. The fraction of sp³-hybridized carbons (Fsp3) is 0.409. The SMILES string of the molecule is Cc1cc(CN2CCN(C(=O)c3c(C)nn(Cc4ccccc4)c3C)CC2)on1. The lowest BCUT2D eigenvalue weighted by atomic mass is 10.1. The second kappa shape index (κ2) is 8.21. The number of hydrogen-bond acceptors (Lipinski definition) is 5. The Morgan fingerprint density at radius 1 is 1.03 bits per heavy atom. The molecular formula is C22H27N5O2. The third-order valence-electron chi connectivity index (χ3n) is 5.49. The number of benzene rings is 1. The maximum absolute atomic E-state index is 13.2. The van der Waals surface area contributed by atoms with Crippen LogP contribution < -0.4 is 0 Å². The minimum absolute atomic E-state index is 0.0782. The average molecular weight is 393 g/mol. The van der Waals surface area contributed by atoms with E-state index >= 15 is 0 Å². The third-order valence-corrected chi connectivity index (χ3v) is 5.49. The number of aryl methyl sites for hydroxylation is 2. The molecule has 7 heteroatoms. The summed E-state index contributed by atoms with van der Waals surface area (Å²) in [4.78, 5) is 17.4. The standard InChI is InChI=1S/C22H27N5O2/c1-16-13-20(29-24-16)15-25-9-11-26(12-10-25)22(28)21-17(2)23-27(18(21)3)14-19-7-5-4-6-8-19/h4-8,13H,9-12,14-15H2,1-3H3. The smallest absolute Gasteiger partial charge is 0.257 e. The summed E-state index contributed by atoms with van der Waals surface area (Å²) in [5.41, 5.74) is 4.53. The first-order chi connectivity index (χ1) is 14.0. The Morgan fingerprint density at radius 3 is 2.41 bits per heavy atom. The Morgan fingerprint density at radius 2 is 1.76 bits per heavy atom. The summed E-state index contributed by atoms with van der Waals surface area (Å²) >= 11 is 0. The number of nitrogens with zero attached hydrogens (tertiary/aromatic N) is 5. The highest BCUT2D eigenvalue weighted by atomic mass is 16.5. The number of carbonyl (C=O) groups excluding carboxylic acids is 1. The van der Waals surface area contributed by atoms with Gasteiger partial charge in [0.2, 0.25) is 0 Å². The van der Waals surface area contributed by atoms with Crippen molar-refractivity contribution in [2.45, 2.75) is 33.9 Å². The van der Waals surface area contributed by atoms with Crippen molar-refractivity contribution in [3.63, 3.8) is 0 Å². The molecule has 1 aliphatic heterocycles. The summed E-state index contributed by atoms with van der Waals surface area (Å²) in [5.74, 6) is 0.950. The van der Waals surface area contributed by atoms with E-state index in [0.717, 1.165) is 48.0 Å². The van der Waals surface area contributed by atoms with Crippen LogP contribution in [0.2, 0.25) is 0 Å². The van der Waals surface area contributed by atoms with Gasteiger partial charge in [-0.1, -0.05) is 35.5 Å². The van der Waals surface area contributed by atoms with Crippen molar-refractivity contribution in [2.75, 3.05) is 26.2 Å². The number of carbonyl (C=O) groups is 1. The average Bonchev–Trinajstić information content (AvgIpc) is 3.25. The molecule has 2 aromatic heterocycles. The van der Waals surface area contributed by atoms with E-state index in [1.165, 1.54) is 5.56 Å². The van der Waals surface area contributed by atoms with Gasteiger partial charge < -0.3 is 9.42 Å². The molecule has 1 aromatic carbocycles. The van der Waals surface area contributed by atoms with Crippen LogP contribution in [0.4, 0.5) is 0 Å². The molecule has 0 N–H and O–H groups in total. The van der Waals surface area contributed by atoms with Gasteiger partial charge in [-0.05, 0) is 26.3 Å². The maximum atomic E-state index is 13.2. The molecule has 0 bridgehead atoms. The molecule has 152 valence electrons. The molecule has 0 spiro atoms. The summed E-state index contributed by atoms with van der Waals surface area (Å²) in [6.45, 7) is 10.3. The fourth-order valence-corrected chi connectivity index (χ4v) is 3.90. The van der Waals surface area contributed by atoms with E-state index in [-0.39, 0.29) is 5.91 Å². The molecule has 29 heavy (non-hydrogen) atoms. The Labute approximate surface area is 170 Å². The second-order valence-corrected chi connectivity index (χ2v) is 7.69. The van der Waals surface area contributed by atoms with E-state index in [9.17, 15) is 4.79 Å². The van der Waals surface area contributed by atoms with Crippen LogP contribution >= 0.6 is 0 Å². The zero-order valence-electron chi connectivity index (χ0n) is 17.3. The van der Waals surface area contributed by atoms with Gasteiger partial charge in [0.1, 0.15) is 0 Å². The van der Waals surface area contributed by atoms with E-state index in [1.54, 1.807) is 0 Å². The summed E-state index contributed by atoms with van der Waals surface area (Å²) in [6.07, 6.45) is 0. The molecule has 0 radical (unpaired) electrons. The molecule has 0 atom stereocenters. The van der Waals surface area contributed by atoms with Crippen LogP contribution in [0.15, 0.2) is 40.9 Å². The lowest BCUT2D eigenvalue weighted by Crippen LogP contribution is -2.48. The van der Waals surface area contributed by atoms with E-state index in [2.05, 4.69) is 27.3 Å². The predicted octanol–water partition coefficient (Wildman–Crippen LogP) is 2.80. The molecule has 1 saturated heterocycles. The van der Waals surface area contributed by atoms with Gasteiger partial charge >= 0.3 is 0 Å². The van der Waals surface area contributed by atoms with Crippen LogP contribution in [-0.4, -0.2) is 56.8 Å². The lowest BCUT2D eigenvalue weighted by molar-refractivity contribution is 0.0616. The zero-order chi connectivity index (χ0) is 20.4. The highest BCUT2D eigenvalue weighted by molar-refractivity contribution is 5.96. The van der Waals surface area contributed by atoms with Crippen molar-refractivity contribution in [3.8, 4) is 0 Å². The van der Waals surface area contributed by atoms with Crippen LogP contribution in [0.25, 0.3) is 0 Å². The molecule has 1 aliphatic rings. The van der Waals surface area contributed by atoms with Gasteiger partial charge in [-0.3, -0.25) is 14.4 Å². The summed E-state index contributed by atoms with van der Waals surface area (Å²) in [7, 11) is 0. The fourth-order valence-electron chi connectivity index (χ4n) is 3.90. The highest BCUT2D eigenvalue weighted by Crippen LogP contribution is 2.19. The van der Waals surface area contributed by atoms with Crippen molar-refractivity contribution in [1.29, 1.82) is 0 Å². The molecule has 1 amide bonds. The van der Waals surface area contributed by atoms with Crippen LogP contribution in [0.1, 0.15) is 38.8 Å². The number of hydrogen-bond donors (Lipinski definition) is 0. The Bertz CT molecular complexity index is 984. The molecular weight excluding hydrogens is 366 g/mol. The molecule has 3 aromatic rings. The molecule has 7 nitrogen and oxygen atoms in total. The Kier molecular flexibility index (Phi) is 5.49. The largest absolute Gasteiger partial charge is 0.360 e. The van der Waals surface area contributed by atoms with Gasteiger partial charge in [0.05, 0.1) is 30.0 Å². The summed E-state index contributed by atoms with van der Waals surface area (Å²) < 4.78 is 7.24. The van der Waals surface area contributed by atoms with Crippen molar-refractivity contribution in [1.82, 2.24) is 24.7 Å². The van der Waals surface area contributed by atoms with Gasteiger partial charge in [-0.25, -0.2) is 0 Å². The number of aromatic nitrogens is 3. The van der Waals surface area contributed by atoms with Gasteiger partial charge in [0, 0.05) is 37.9 Å². The normalized spacial score (nSPS) is 15.1. The van der Waals surface area contributed by atoms with Gasteiger partial charge in [-0.15, -0.1) is 0 Å². The first kappa shape index (κ1) is 19.4. The molecule has 0 saturated carbocycles. The molecule has 0 aliphatic carbocycles. The van der Waals surface area contributed by atoms with Crippen LogP contribution in [-0.2, 0) is 13.1 Å². The number of rotatable bonds is 5. The lowest BCUT2D eigenvalue weighted by Gasteiger charge is -2.34. The molecule has 3 heterocycles. The quantitative estimate of drug-likeness (QED) is 0.667. The minimum atomic E-state index is 0.0782. The summed E-state index contributed by atoms with van der Waals surface area (Å²) in [6, 6.07) is 12.2. The van der Waals surface area contributed by atoms with Crippen molar-refractivity contribution in [2.24, 2.45) is 0 Å². The van der Waals surface area contributed by atoms with E-state index in [0.29, 0.717) is 19.6 Å². The zero-order valence-corrected chi connectivity index (χ0v) is 17.3. The Hall–Kier alpha value is -2.93. The first-order valence-electron chi connectivity index (χ1n) is 10.0. The topological polar surface area (TPSA) is 67.4 Å². The van der Waals surface area contributed by atoms with Crippen molar-refractivity contribution < 1.29 is 9.32 Å². The molecule has 4 rings (SSSR count). The van der Waals surface area contributed by atoms with Crippen LogP contribution in [0.5, 0.6) is 0 Å². The van der Waals surface area contributed by atoms with Crippen molar-refractivity contribution in [3.05, 3.63) is 70.4 Å². The van der Waals surface area contributed by atoms with Crippen LogP contribution in [0.3, 0.4) is 0 Å². The number of amides is 1. The van der Waals surface area contributed by atoms with E-state index in [1.807, 2.05) is 54.6 Å². The molecule has 0 unspecified atom stereocenters. The third kappa shape index (κ3) is 4.24. The van der Waals surface area contributed by atoms with Gasteiger partial charge in [0.15, 0.2) is 5.76 Å². The second-order valence-electron chi connectivity index (χ2n) is 7.69. The van der Waals surface area contributed by atoms with E-state index < -0.39 is 0 Å². The van der Waals surface area contributed by atoms with E-state index in [4.69, 9.17) is 4.52 Å². The van der Waals surface area contributed by atoms with Gasteiger partial charge in [-0.2, -0.15) is 5.10 Å². The van der Waals surface area contributed by atoms with Crippen LogP contribution in [0, 0.1) is 20.8 Å². The minimum Gasteiger partial charge on any atom is -0.360 e. The highest BCUT2D eigenvalue weighted by Gasteiger charge is 2.27. The Balaban J connectivity index is 1.41.